The molecule has 2 amide bonds. The molecule has 0 fully saturated rings. The molecule has 0 aliphatic rings. The Morgan fingerprint density at radius 1 is 0.850 bits per heavy atom. The van der Waals surface area contributed by atoms with Gasteiger partial charge in [0.2, 0.25) is 0 Å². The molecule has 0 saturated carbocycles. The first-order valence-electron chi connectivity index (χ1n) is 6.29. The van der Waals surface area contributed by atoms with E-state index in [4.69, 9.17) is 0 Å². The van der Waals surface area contributed by atoms with E-state index in [0.29, 0.717) is 5.82 Å². The normalized spacial score (nSPS) is 10.2. The Bertz CT molecular complexity index is 741. The van der Waals surface area contributed by atoms with Crippen LogP contribution in [0.2, 0.25) is 0 Å². The van der Waals surface area contributed by atoms with E-state index >= 15 is 0 Å². The standard InChI is InChI=1S/C16H13N3O/c20-16(19-15-7-3-4-10-17-15)18-14-9-8-12-5-1-2-6-13(12)11-14/h1-11H,(H2,17,18,19,20). The third-order valence-electron chi connectivity index (χ3n) is 2.91. The lowest BCUT2D eigenvalue weighted by Gasteiger charge is -2.07. The molecule has 0 aliphatic heterocycles. The molecule has 4 nitrogen and oxygen atoms in total. The van der Waals surface area contributed by atoms with Gasteiger partial charge in [-0.1, -0.05) is 36.4 Å². The summed E-state index contributed by atoms with van der Waals surface area (Å²) < 4.78 is 0. The average Bonchev–Trinajstić information content (AvgIpc) is 2.48. The maximum atomic E-state index is 11.9. The highest BCUT2D eigenvalue weighted by molar-refractivity contribution is 6.00. The summed E-state index contributed by atoms with van der Waals surface area (Å²) in [5.41, 5.74) is 0.747. The van der Waals surface area contributed by atoms with Crippen LogP contribution in [-0.2, 0) is 0 Å². The summed E-state index contributed by atoms with van der Waals surface area (Å²) in [7, 11) is 0. The van der Waals surface area contributed by atoms with Gasteiger partial charge < -0.3 is 5.32 Å². The number of aromatic nitrogens is 1. The predicted molar refractivity (Wildman–Crippen MR) is 80.8 cm³/mol. The molecular weight excluding hydrogens is 250 g/mol. The molecule has 3 rings (SSSR count). The van der Waals surface area contributed by atoms with Gasteiger partial charge in [0.25, 0.3) is 0 Å². The average molecular weight is 263 g/mol. The summed E-state index contributed by atoms with van der Waals surface area (Å²) in [4.78, 5) is 15.9. The van der Waals surface area contributed by atoms with Crippen LogP contribution < -0.4 is 10.6 Å². The number of nitrogens with one attached hydrogen (secondary N) is 2. The van der Waals surface area contributed by atoms with Crippen LogP contribution in [0.15, 0.2) is 66.9 Å². The van der Waals surface area contributed by atoms with Crippen molar-refractivity contribution in [3.8, 4) is 0 Å². The first-order valence-corrected chi connectivity index (χ1v) is 6.29. The highest BCUT2D eigenvalue weighted by Crippen LogP contribution is 2.18. The van der Waals surface area contributed by atoms with E-state index in [1.165, 1.54) is 0 Å². The maximum absolute atomic E-state index is 11.9. The number of hydrogen-bond donors (Lipinski definition) is 2. The van der Waals surface area contributed by atoms with Crippen LogP contribution in [0.4, 0.5) is 16.3 Å². The smallest absolute Gasteiger partial charge is 0.308 e. The van der Waals surface area contributed by atoms with Crippen LogP contribution >= 0.6 is 0 Å². The number of rotatable bonds is 2. The Balaban J connectivity index is 1.74. The van der Waals surface area contributed by atoms with Crippen LogP contribution in [0, 0.1) is 0 Å². The molecule has 98 valence electrons. The lowest BCUT2D eigenvalue weighted by molar-refractivity contribution is 0.262. The van der Waals surface area contributed by atoms with Crippen LogP contribution in [0.3, 0.4) is 0 Å². The summed E-state index contributed by atoms with van der Waals surface area (Å²) in [6.07, 6.45) is 1.63. The van der Waals surface area contributed by atoms with E-state index in [1.54, 1.807) is 18.3 Å². The van der Waals surface area contributed by atoms with Crippen molar-refractivity contribution in [1.82, 2.24) is 4.98 Å². The van der Waals surface area contributed by atoms with E-state index in [9.17, 15) is 4.79 Å². The largest absolute Gasteiger partial charge is 0.324 e. The minimum absolute atomic E-state index is 0.306. The number of nitrogens with zero attached hydrogens (tertiary/aromatic N) is 1. The fourth-order valence-electron chi connectivity index (χ4n) is 1.98. The lowest BCUT2D eigenvalue weighted by Crippen LogP contribution is -2.19. The topological polar surface area (TPSA) is 54.0 Å². The number of carbonyl (C=O) groups excluding carboxylic acids is 1. The second kappa shape index (κ2) is 5.40. The minimum Gasteiger partial charge on any atom is -0.308 e. The maximum Gasteiger partial charge on any atom is 0.324 e. The van der Waals surface area contributed by atoms with E-state index in [2.05, 4.69) is 15.6 Å². The Morgan fingerprint density at radius 3 is 2.45 bits per heavy atom. The van der Waals surface area contributed by atoms with Crippen molar-refractivity contribution in [3.05, 3.63) is 66.9 Å². The van der Waals surface area contributed by atoms with Gasteiger partial charge >= 0.3 is 6.03 Å². The molecule has 1 aromatic heterocycles. The van der Waals surface area contributed by atoms with Crippen LogP contribution in [0.25, 0.3) is 10.8 Å². The van der Waals surface area contributed by atoms with Gasteiger partial charge in [0.15, 0.2) is 0 Å². The Morgan fingerprint density at radius 2 is 1.65 bits per heavy atom. The van der Waals surface area contributed by atoms with Crippen molar-refractivity contribution in [3.63, 3.8) is 0 Å². The lowest BCUT2D eigenvalue weighted by atomic mass is 10.1. The zero-order chi connectivity index (χ0) is 13.8. The number of urea groups is 1. The van der Waals surface area contributed by atoms with Gasteiger partial charge in [-0.25, -0.2) is 9.78 Å². The zero-order valence-electron chi connectivity index (χ0n) is 10.7. The van der Waals surface area contributed by atoms with Gasteiger partial charge in [-0.15, -0.1) is 0 Å². The molecule has 3 aromatic rings. The molecular formula is C16H13N3O. The van der Waals surface area contributed by atoms with Gasteiger partial charge in [0.05, 0.1) is 0 Å². The van der Waals surface area contributed by atoms with Crippen LogP contribution in [-0.4, -0.2) is 11.0 Å². The number of amides is 2. The van der Waals surface area contributed by atoms with Crippen molar-refractivity contribution in [2.45, 2.75) is 0 Å². The molecule has 2 N–H and O–H groups in total. The van der Waals surface area contributed by atoms with E-state index in [-0.39, 0.29) is 6.03 Å². The van der Waals surface area contributed by atoms with E-state index in [0.717, 1.165) is 16.5 Å². The highest BCUT2D eigenvalue weighted by Gasteiger charge is 2.03. The number of pyridine rings is 1. The fraction of sp³-hybridized carbons (Fsp3) is 0. The van der Waals surface area contributed by atoms with Gasteiger partial charge in [0.1, 0.15) is 5.82 Å². The molecule has 4 heteroatoms. The molecule has 1 heterocycles. The van der Waals surface area contributed by atoms with Crippen molar-refractivity contribution in [2.24, 2.45) is 0 Å². The van der Waals surface area contributed by atoms with Crippen LogP contribution in [0.1, 0.15) is 0 Å². The third kappa shape index (κ3) is 2.75. The Hall–Kier alpha value is -2.88. The molecule has 0 atom stereocenters. The first-order chi connectivity index (χ1) is 9.81. The minimum atomic E-state index is -0.306. The van der Waals surface area contributed by atoms with E-state index < -0.39 is 0 Å². The monoisotopic (exact) mass is 263 g/mol. The van der Waals surface area contributed by atoms with Crippen LogP contribution in [0.5, 0.6) is 0 Å². The van der Waals surface area contributed by atoms with Crippen molar-refractivity contribution in [2.75, 3.05) is 10.6 Å². The molecule has 0 radical (unpaired) electrons. The highest BCUT2D eigenvalue weighted by atomic mass is 16.2. The Labute approximate surface area is 116 Å². The molecule has 2 aromatic carbocycles. The summed E-state index contributed by atoms with van der Waals surface area (Å²) in [6, 6.07) is 18.8. The molecule has 20 heavy (non-hydrogen) atoms. The third-order valence-corrected chi connectivity index (χ3v) is 2.91. The zero-order valence-corrected chi connectivity index (χ0v) is 10.7. The van der Waals surface area contributed by atoms with Crippen molar-refractivity contribution >= 4 is 28.3 Å². The SMILES string of the molecule is O=C(Nc1ccc2ccccc2c1)Nc1ccccn1. The number of benzene rings is 2. The number of fused-ring (bicyclic) bond motifs is 1. The van der Waals surface area contributed by atoms with Gasteiger partial charge in [-0.2, -0.15) is 0 Å². The molecule has 0 unspecified atom stereocenters. The van der Waals surface area contributed by atoms with Crippen molar-refractivity contribution in [1.29, 1.82) is 0 Å². The van der Waals surface area contributed by atoms with Gasteiger partial charge in [-0.3, -0.25) is 5.32 Å². The predicted octanol–water partition coefficient (Wildman–Crippen LogP) is 3.88. The summed E-state index contributed by atoms with van der Waals surface area (Å²) in [6.45, 7) is 0. The molecule has 0 bridgehead atoms. The summed E-state index contributed by atoms with van der Waals surface area (Å²) in [5.74, 6) is 0.519. The summed E-state index contributed by atoms with van der Waals surface area (Å²) >= 11 is 0. The number of anilines is 2. The second-order valence-electron chi connectivity index (χ2n) is 4.36. The van der Waals surface area contributed by atoms with Gasteiger partial charge in [-0.05, 0) is 35.0 Å². The van der Waals surface area contributed by atoms with Crippen molar-refractivity contribution < 1.29 is 4.79 Å². The Kier molecular flexibility index (Phi) is 3.29. The van der Waals surface area contributed by atoms with E-state index in [1.807, 2.05) is 48.5 Å². The second-order valence-corrected chi connectivity index (χ2v) is 4.36. The molecule has 0 saturated heterocycles. The van der Waals surface area contributed by atoms with Gasteiger partial charge in [0, 0.05) is 11.9 Å². The fourth-order valence-corrected chi connectivity index (χ4v) is 1.98. The summed E-state index contributed by atoms with van der Waals surface area (Å²) in [5, 5.41) is 7.70. The molecule has 0 spiro atoms. The number of hydrogen-bond acceptors (Lipinski definition) is 2. The molecule has 0 aliphatic carbocycles. The first kappa shape index (κ1) is 12.2. The number of carbonyl (C=O) groups is 1. The quantitative estimate of drug-likeness (QED) is 0.737.